The van der Waals surface area contributed by atoms with Gasteiger partial charge in [0.25, 0.3) is 0 Å². The minimum absolute atomic E-state index is 0.460. The molecule has 0 N–H and O–H groups in total. The van der Waals surface area contributed by atoms with E-state index in [2.05, 4.69) is 4.98 Å². The van der Waals surface area contributed by atoms with Crippen LogP contribution in [0.2, 0.25) is 0 Å². The summed E-state index contributed by atoms with van der Waals surface area (Å²) in [6.07, 6.45) is 0. The molecule has 1 aliphatic rings. The lowest BCUT2D eigenvalue weighted by molar-refractivity contribution is 0.459. The van der Waals surface area contributed by atoms with Gasteiger partial charge in [0.2, 0.25) is 5.89 Å². The number of rotatable bonds is 1. The second kappa shape index (κ2) is 3.73. The van der Waals surface area contributed by atoms with E-state index in [1.165, 1.54) is 0 Å². The molecule has 4 nitrogen and oxygen atoms in total. The number of sulfone groups is 1. The molecule has 2 aromatic rings. The fraction of sp³-hybridized carbons (Fsp3) is 0.400. The van der Waals surface area contributed by atoms with E-state index in [-0.39, 0.29) is 0 Å². The highest BCUT2D eigenvalue weighted by atomic mass is 32.2. The zero-order valence-electron chi connectivity index (χ0n) is 12.0. The molecule has 0 unspecified atom stereocenters. The van der Waals surface area contributed by atoms with E-state index in [0.717, 1.165) is 5.56 Å². The summed E-state index contributed by atoms with van der Waals surface area (Å²) in [5.74, 6) is 0.938. The van der Waals surface area contributed by atoms with Gasteiger partial charge < -0.3 is 4.42 Å². The number of aromatic nitrogens is 1. The molecule has 20 heavy (non-hydrogen) atoms. The Morgan fingerprint density at radius 1 is 1.00 bits per heavy atom. The smallest absolute Gasteiger partial charge is 0.226 e. The van der Waals surface area contributed by atoms with Crippen LogP contribution in [0.25, 0.3) is 11.5 Å². The van der Waals surface area contributed by atoms with Gasteiger partial charge in [-0.25, -0.2) is 13.4 Å². The average Bonchev–Trinajstić information content (AvgIpc) is 2.88. The lowest BCUT2D eigenvalue weighted by Gasteiger charge is -2.23. The molecule has 0 amide bonds. The summed E-state index contributed by atoms with van der Waals surface area (Å²) in [7, 11) is -3.37. The molecular formula is C15H17NO3S. The normalized spacial score (nSPS) is 21.6. The van der Waals surface area contributed by atoms with Crippen molar-refractivity contribution in [3.63, 3.8) is 0 Å². The predicted octanol–water partition coefficient (Wildman–Crippen LogP) is 3.24. The third-order valence-corrected chi connectivity index (χ3v) is 7.17. The largest absolute Gasteiger partial charge is 0.439 e. The van der Waals surface area contributed by atoms with Gasteiger partial charge in [-0.2, -0.15) is 0 Å². The maximum atomic E-state index is 12.6. The lowest BCUT2D eigenvalue weighted by Crippen LogP contribution is -2.34. The first kappa shape index (κ1) is 13.4. The van der Waals surface area contributed by atoms with E-state index < -0.39 is 19.3 Å². The molecule has 0 fully saturated rings. The fourth-order valence-electron chi connectivity index (χ4n) is 2.73. The van der Waals surface area contributed by atoms with Crippen molar-refractivity contribution in [3.05, 3.63) is 41.8 Å². The highest BCUT2D eigenvalue weighted by molar-refractivity contribution is 7.93. The Kier molecular flexibility index (Phi) is 2.49. The van der Waals surface area contributed by atoms with E-state index in [1.54, 1.807) is 27.7 Å². The molecule has 1 aliphatic heterocycles. The minimum atomic E-state index is -3.37. The Morgan fingerprint density at radius 2 is 1.60 bits per heavy atom. The van der Waals surface area contributed by atoms with Crippen molar-refractivity contribution in [2.45, 2.75) is 37.2 Å². The van der Waals surface area contributed by atoms with Crippen molar-refractivity contribution in [2.75, 3.05) is 0 Å². The molecule has 0 bridgehead atoms. The second-order valence-corrected chi connectivity index (χ2v) is 9.13. The molecule has 0 saturated carbocycles. The Balaban J connectivity index is 2.25. The van der Waals surface area contributed by atoms with Crippen LogP contribution in [0.3, 0.4) is 0 Å². The number of benzene rings is 1. The van der Waals surface area contributed by atoms with Gasteiger partial charge in [0, 0.05) is 5.56 Å². The summed E-state index contributed by atoms with van der Waals surface area (Å²) in [5, 5.41) is 0. The molecule has 1 aromatic carbocycles. The van der Waals surface area contributed by atoms with Gasteiger partial charge >= 0.3 is 0 Å². The van der Waals surface area contributed by atoms with Crippen LogP contribution in [0, 0.1) is 0 Å². The van der Waals surface area contributed by atoms with Crippen molar-refractivity contribution in [3.8, 4) is 11.5 Å². The predicted molar refractivity (Wildman–Crippen MR) is 76.9 cm³/mol. The number of hydrogen-bond acceptors (Lipinski definition) is 4. The average molecular weight is 291 g/mol. The van der Waals surface area contributed by atoms with Crippen molar-refractivity contribution in [1.29, 1.82) is 0 Å². The lowest BCUT2D eigenvalue weighted by atomic mass is 10.0. The van der Waals surface area contributed by atoms with E-state index >= 15 is 0 Å². The van der Waals surface area contributed by atoms with Crippen molar-refractivity contribution < 1.29 is 12.8 Å². The monoisotopic (exact) mass is 291 g/mol. The molecule has 3 rings (SSSR count). The van der Waals surface area contributed by atoms with Gasteiger partial charge in [-0.1, -0.05) is 18.2 Å². The molecule has 2 heterocycles. The number of nitrogens with zero attached hydrogens (tertiary/aromatic N) is 1. The summed E-state index contributed by atoms with van der Waals surface area (Å²) in [6.45, 7) is 6.73. The first-order valence-corrected chi connectivity index (χ1v) is 7.99. The summed E-state index contributed by atoms with van der Waals surface area (Å²) in [4.78, 5) is 4.46. The maximum absolute atomic E-state index is 12.6. The van der Waals surface area contributed by atoms with Crippen LogP contribution in [0.5, 0.6) is 0 Å². The van der Waals surface area contributed by atoms with Crippen molar-refractivity contribution in [2.24, 2.45) is 0 Å². The number of hydrogen-bond donors (Lipinski definition) is 0. The molecule has 106 valence electrons. The van der Waals surface area contributed by atoms with Gasteiger partial charge in [-0.3, -0.25) is 0 Å². The number of oxazole rings is 1. The van der Waals surface area contributed by atoms with Crippen molar-refractivity contribution in [1.82, 2.24) is 4.98 Å². The van der Waals surface area contributed by atoms with E-state index in [4.69, 9.17) is 4.42 Å². The van der Waals surface area contributed by atoms with Crippen LogP contribution in [0.1, 0.15) is 39.1 Å². The topological polar surface area (TPSA) is 60.2 Å². The summed E-state index contributed by atoms with van der Waals surface area (Å²) in [5.41, 5.74) is 1.38. The first-order valence-electron chi connectivity index (χ1n) is 6.51. The van der Waals surface area contributed by atoms with Crippen LogP contribution in [-0.2, 0) is 19.3 Å². The maximum Gasteiger partial charge on any atom is 0.226 e. The molecule has 0 aliphatic carbocycles. The van der Waals surface area contributed by atoms with E-state index in [9.17, 15) is 8.42 Å². The Morgan fingerprint density at radius 3 is 2.15 bits per heavy atom. The van der Waals surface area contributed by atoms with Crippen LogP contribution < -0.4 is 0 Å². The Bertz CT molecular complexity index is 731. The second-order valence-electron chi connectivity index (χ2n) is 6.09. The van der Waals surface area contributed by atoms with Crippen molar-refractivity contribution >= 4 is 9.84 Å². The molecule has 0 saturated heterocycles. The van der Waals surface area contributed by atoms with E-state index in [1.807, 2.05) is 30.3 Å². The molecule has 1 aromatic heterocycles. The summed E-state index contributed by atoms with van der Waals surface area (Å²) >= 11 is 0. The zero-order valence-corrected chi connectivity index (χ0v) is 12.8. The first-order chi connectivity index (χ1) is 9.19. The van der Waals surface area contributed by atoms with E-state index in [0.29, 0.717) is 17.3 Å². The molecule has 0 spiro atoms. The Labute approximate surface area is 118 Å². The van der Waals surface area contributed by atoms with Crippen LogP contribution >= 0.6 is 0 Å². The van der Waals surface area contributed by atoms with Gasteiger partial charge in [0.05, 0.1) is 0 Å². The molecular weight excluding hydrogens is 274 g/mol. The molecule has 0 radical (unpaired) electrons. The van der Waals surface area contributed by atoms with Crippen LogP contribution in [-0.4, -0.2) is 13.4 Å². The highest BCUT2D eigenvalue weighted by Crippen LogP contribution is 2.53. The van der Waals surface area contributed by atoms with Gasteiger partial charge in [-0.15, -0.1) is 0 Å². The third kappa shape index (κ3) is 1.41. The van der Waals surface area contributed by atoms with Crippen LogP contribution in [0.4, 0.5) is 0 Å². The quantitative estimate of drug-likeness (QED) is 0.809. The van der Waals surface area contributed by atoms with Gasteiger partial charge in [0.1, 0.15) is 20.9 Å². The summed E-state index contributed by atoms with van der Waals surface area (Å²) in [6, 6.07) is 9.51. The Hall–Kier alpha value is -1.62. The molecule has 5 heteroatoms. The summed E-state index contributed by atoms with van der Waals surface area (Å²) < 4.78 is 28.9. The third-order valence-electron chi connectivity index (χ3n) is 4.11. The zero-order chi connectivity index (χ0) is 14.8. The fourth-order valence-corrected chi connectivity index (χ4v) is 4.78. The standard InChI is InChI=1S/C15H17NO3S/c1-14(2)11-12(15(3,4)20(14,17)18)19-13(16-11)10-8-6-5-7-9-10/h5-9H,1-4H3. The highest BCUT2D eigenvalue weighted by Gasteiger charge is 2.60. The van der Waals surface area contributed by atoms with Crippen LogP contribution in [0.15, 0.2) is 34.7 Å². The van der Waals surface area contributed by atoms with Gasteiger partial charge in [-0.05, 0) is 39.8 Å². The minimum Gasteiger partial charge on any atom is -0.439 e. The SMILES string of the molecule is CC1(C)c2nc(-c3ccccc3)oc2C(C)(C)S1(=O)=O. The molecule has 0 atom stereocenters. The van der Waals surface area contributed by atoms with Gasteiger partial charge in [0.15, 0.2) is 9.84 Å². The number of fused-ring (bicyclic) bond motifs is 1.